The van der Waals surface area contributed by atoms with Crippen molar-refractivity contribution in [2.75, 3.05) is 0 Å². The Labute approximate surface area is 181 Å². The number of aryl methyl sites for hydroxylation is 2. The summed E-state index contributed by atoms with van der Waals surface area (Å²) in [5.41, 5.74) is 10.8. The molecule has 1 heterocycles. The minimum atomic E-state index is 0. The minimum Gasteiger partial charge on any atom is -1.00 e. The summed E-state index contributed by atoms with van der Waals surface area (Å²) >= 11 is 0. The maximum Gasteiger partial charge on any atom is 0.364 e. The monoisotopic (exact) mass is 440 g/mol. The van der Waals surface area contributed by atoms with Crippen LogP contribution in [0.5, 0.6) is 0 Å². The lowest BCUT2D eigenvalue weighted by atomic mass is 9.79. The maximum atomic E-state index is 6.74. The van der Waals surface area contributed by atoms with E-state index in [9.17, 15) is 0 Å². The van der Waals surface area contributed by atoms with Gasteiger partial charge in [-0.3, -0.25) is 0 Å². The van der Waals surface area contributed by atoms with Gasteiger partial charge in [-0.2, -0.15) is 0 Å². The topological polar surface area (TPSA) is 11.3 Å². The Balaban J connectivity index is 0.00000181. The Morgan fingerprint density at radius 2 is 1.00 bits per heavy atom. The molecule has 1 aromatic heterocycles. The highest BCUT2D eigenvalue weighted by Crippen LogP contribution is 2.47. The molecule has 0 saturated carbocycles. The van der Waals surface area contributed by atoms with Gasteiger partial charge in [-0.15, -0.1) is 0 Å². The minimum absolute atomic E-state index is 0. The Kier molecular flexibility index (Phi) is 4.60. The van der Waals surface area contributed by atoms with Crippen molar-refractivity contribution in [2.24, 2.45) is 0 Å². The first-order valence-corrected chi connectivity index (χ1v) is 10.1. The van der Waals surface area contributed by atoms with Gasteiger partial charge in [0.15, 0.2) is 0 Å². The van der Waals surface area contributed by atoms with Crippen LogP contribution in [0, 0.1) is 0 Å². The molecule has 0 radical (unpaired) electrons. The second kappa shape index (κ2) is 7.27. The van der Waals surface area contributed by atoms with Crippen LogP contribution in [-0.2, 0) is 25.7 Å². The molecule has 1 nitrogen and oxygen atoms in total. The molecule has 29 heavy (non-hydrogen) atoms. The number of hydrogen-bond acceptors (Lipinski definition) is 0. The Morgan fingerprint density at radius 3 is 1.55 bits per heavy atom. The molecule has 0 fully saturated rings. The molecule has 4 aromatic rings. The lowest BCUT2D eigenvalue weighted by molar-refractivity contribution is -0.00000581. The van der Waals surface area contributed by atoms with Crippen LogP contribution >= 0.6 is 0 Å². The summed E-state index contributed by atoms with van der Waals surface area (Å²) in [5.74, 6) is 2.13. The zero-order valence-corrected chi connectivity index (χ0v) is 17.7. The maximum absolute atomic E-state index is 6.74. The summed E-state index contributed by atoms with van der Waals surface area (Å²) in [4.78, 5) is 0. The van der Waals surface area contributed by atoms with Crippen molar-refractivity contribution in [3.63, 3.8) is 0 Å². The predicted molar refractivity (Wildman–Crippen MR) is 114 cm³/mol. The molecule has 142 valence electrons. The molecule has 0 spiro atoms. The zero-order valence-electron chi connectivity index (χ0n) is 16.1. The van der Waals surface area contributed by atoms with E-state index in [4.69, 9.17) is 4.42 Å². The van der Waals surface area contributed by atoms with Gasteiger partial charge in [0.2, 0.25) is 0 Å². The van der Waals surface area contributed by atoms with Crippen molar-refractivity contribution in [3.8, 4) is 33.8 Å². The van der Waals surface area contributed by atoms with Gasteiger partial charge >= 0.3 is 11.5 Å². The third-order valence-corrected chi connectivity index (χ3v) is 6.23. The highest BCUT2D eigenvalue weighted by molar-refractivity contribution is 5.86. The van der Waals surface area contributed by atoms with Crippen molar-refractivity contribution < 1.29 is 21.4 Å². The van der Waals surface area contributed by atoms with Gasteiger partial charge in [0.05, 0.1) is 22.3 Å². The second-order valence-electron chi connectivity index (χ2n) is 7.77. The van der Waals surface area contributed by atoms with Crippen LogP contribution in [0.25, 0.3) is 33.8 Å². The fourth-order valence-corrected chi connectivity index (χ4v) is 4.94. The van der Waals surface area contributed by atoms with E-state index in [0.29, 0.717) is 0 Å². The number of halogens is 1. The van der Waals surface area contributed by atoms with Crippen LogP contribution in [0.15, 0.2) is 83.3 Å². The summed E-state index contributed by atoms with van der Waals surface area (Å²) in [5, 5.41) is 0. The number of fused-ring (bicyclic) bond motifs is 6. The molecule has 0 amide bonds. The highest BCUT2D eigenvalue weighted by atomic mass is 79.9. The summed E-state index contributed by atoms with van der Waals surface area (Å²) in [6.45, 7) is 0. The molecule has 2 aliphatic rings. The molecular weight excluding hydrogens is 420 g/mol. The van der Waals surface area contributed by atoms with Gasteiger partial charge in [-0.25, -0.2) is 4.42 Å². The smallest absolute Gasteiger partial charge is 0.364 e. The van der Waals surface area contributed by atoms with Gasteiger partial charge in [-0.1, -0.05) is 66.7 Å². The molecule has 3 aromatic carbocycles. The van der Waals surface area contributed by atoms with E-state index in [2.05, 4.69) is 78.9 Å². The molecule has 0 N–H and O–H groups in total. The van der Waals surface area contributed by atoms with Crippen molar-refractivity contribution in [2.45, 2.75) is 25.7 Å². The lowest BCUT2D eigenvalue weighted by Crippen LogP contribution is -3.00. The van der Waals surface area contributed by atoms with Crippen LogP contribution in [0.4, 0.5) is 0 Å². The van der Waals surface area contributed by atoms with Crippen LogP contribution in [0.3, 0.4) is 0 Å². The number of rotatable bonds is 1. The third-order valence-electron chi connectivity index (χ3n) is 6.23. The molecule has 2 heteroatoms. The predicted octanol–water partition coefficient (Wildman–Crippen LogP) is 3.76. The first kappa shape index (κ1) is 18.3. The van der Waals surface area contributed by atoms with E-state index in [-0.39, 0.29) is 17.0 Å². The average molecular weight is 441 g/mol. The normalized spacial score (nSPS) is 13.4. The standard InChI is InChI=1S/C27H21O.BrH/c1-2-10-20(11-3-1)25-23-16-14-18-8-4-6-12-21(18)26(23)28-27-22-13-7-5-9-19(22)15-17-24(25)27;/h1-13H,14-17H2;1H/q+1;/p-1. The first-order valence-electron chi connectivity index (χ1n) is 10.1. The SMILES string of the molecule is [Br-].c1ccc(-c2c3c([o+]c4c2CCc2ccccc2-4)-c2ccccc2CC3)cc1. The van der Waals surface area contributed by atoms with E-state index in [0.717, 1.165) is 37.2 Å². The molecule has 6 rings (SSSR count). The van der Waals surface area contributed by atoms with Crippen molar-refractivity contribution in [1.82, 2.24) is 0 Å². The summed E-state index contributed by atoms with van der Waals surface area (Å²) in [7, 11) is 0. The quantitative estimate of drug-likeness (QED) is 0.410. The molecule has 0 atom stereocenters. The second-order valence-corrected chi connectivity index (χ2v) is 7.77. The van der Waals surface area contributed by atoms with Crippen molar-refractivity contribution >= 4 is 0 Å². The van der Waals surface area contributed by atoms with Crippen LogP contribution in [0.2, 0.25) is 0 Å². The van der Waals surface area contributed by atoms with Crippen LogP contribution < -0.4 is 17.0 Å². The average Bonchev–Trinajstić information content (AvgIpc) is 2.78. The molecule has 0 unspecified atom stereocenters. The first-order chi connectivity index (χ1) is 13.9. The van der Waals surface area contributed by atoms with Crippen molar-refractivity contribution in [1.29, 1.82) is 0 Å². The van der Waals surface area contributed by atoms with E-state index in [1.165, 1.54) is 44.5 Å². The number of hydrogen-bond donors (Lipinski definition) is 0. The van der Waals surface area contributed by atoms with Gasteiger partial charge < -0.3 is 17.0 Å². The molecular formula is C27H21BrO. The Hall–Kier alpha value is -2.71. The van der Waals surface area contributed by atoms with E-state index in [1.54, 1.807) is 0 Å². The van der Waals surface area contributed by atoms with Gasteiger partial charge in [0.1, 0.15) is 0 Å². The molecule has 0 saturated heterocycles. The van der Waals surface area contributed by atoms with Gasteiger partial charge in [-0.05, 0) is 54.5 Å². The highest BCUT2D eigenvalue weighted by Gasteiger charge is 2.37. The Bertz CT molecular complexity index is 1140. The van der Waals surface area contributed by atoms with Gasteiger partial charge in [0.25, 0.3) is 0 Å². The summed E-state index contributed by atoms with van der Waals surface area (Å²) in [6, 6.07) is 28.3. The largest absolute Gasteiger partial charge is 1.00 e. The third kappa shape index (κ3) is 2.86. The van der Waals surface area contributed by atoms with E-state index < -0.39 is 0 Å². The van der Waals surface area contributed by atoms with E-state index >= 15 is 0 Å². The van der Waals surface area contributed by atoms with Crippen molar-refractivity contribution in [3.05, 3.63) is 101 Å². The number of benzene rings is 3. The fraction of sp³-hybridized carbons (Fsp3) is 0.148. The zero-order chi connectivity index (χ0) is 18.5. The summed E-state index contributed by atoms with van der Waals surface area (Å²) < 4.78 is 6.74. The van der Waals surface area contributed by atoms with Gasteiger partial charge in [0, 0.05) is 5.56 Å². The molecule has 2 aliphatic carbocycles. The Morgan fingerprint density at radius 1 is 0.517 bits per heavy atom. The lowest BCUT2D eigenvalue weighted by Gasteiger charge is -2.22. The van der Waals surface area contributed by atoms with Crippen LogP contribution in [0.1, 0.15) is 22.3 Å². The summed E-state index contributed by atoms with van der Waals surface area (Å²) in [6.07, 6.45) is 4.23. The van der Waals surface area contributed by atoms with Crippen LogP contribution in [-0.4, -0.2) is 0 Å². The molecule has 0 aliphatic heterocycles. The fourth-order valence-electron chi connectivity index (χ4n) is 4.94. The molecule has 0 bridgehead atoms. The van der Waals surface area contributed by atoms with E-state index in [1.807, 2.05) is 0 Å².